The number of hydrogen-bond acceptors (Lipinski definition) is 4. The Balaban J connectivity index is 1.45. The fourth-order valence-corrected chi connectivity index (χ4v) is 3.18. The molecule has 1 aromatic heterocycles. The van der Waals surface area contributed by atoms with Crippen molar-refractivity contribution in [3.63, 3.8) is 0 Å². The molecule has 0 unspecified atom stereocenters. The third kappa shape index (κ3) is 3.29. The van der Waals surface area contributed by atoms with Gasteiger partial charge in [-0.15, -0.1) is 0 Å². The molecule has 0 saturated heterocycles. The van der Waals surface area contributed by atoms with E-state index in [1.165, 1.54) is 6.07 Å². The summed E-state index contributed by atoms with van der Waals surface area (Å²) in [6.45, 7) is 1.25. The largest absolute Gasteiger partial charge is 0.352 e. The number of carbonyl (C=O) groups is 3. The second-order valence-corrected chi connectivity index (χ2v) is 6.45. The first kappa shape index (κ1) is 17.7. The van der Waals surface area contributed by atoms with Crippen molar-refractivity contribution in [3.8, 4) is 0 Å². The number of imide groups is 1. The molecule has 140 valence electrons. The standard InChI is InChI=1S/C21H18N4O3/c26-19(23-9-4-11-24-12-10-22-14-24)15-7-8-17-18(13-15)21(28)25(20(17)27)16-5-2-1-3-6-16/h1-3,5-8,10,12-14H,4,9,11H2,(H,23,26). The lowest BCUT2D eigenvalue weighted by atomic mass is 10.1. The Morgan fingerprint density at radius 3 is 2.54 bits per heavy atom. The first-order valence-electron chi connectivity index (χ1n) is 8.97. The minimum absolute atomic E-state index is 0.250. The summed E-state index contributed by atoms with van der Waals surface area (Å²) in [5.74, 6) is -1.06. The van der Waals surface area contributed by atoms with Crippen molar-refractivity contribution in [2.45, 2.75) is 13.0 Å². The van der Waals surface area contributed by atoms with E-state index in [1.807, 2.05) is 16.8 Å². The van der Waals surface area contributed by atoms with E-state index in [0.29, 0.717) is 23.4 Å². The average Bonchev–Trinajstić information content (AvgIpc) is 3.32. The Morgan fingerprint density at radius 2 is 1.79 bits per heavy atom. The van der Waals surface area contributed by atoms with Gasteiger partial charge in [0.05, 0.1) is 23.1 Å². The first-order chi connectivity index (χ1) is 13.6. The molecule has 0 bridgehead atoms. The van der Waals surface area contributed by atoms with Crippen LogP contribution in [0.3, 0.4) is 0 Å². The molecule has 0 aliphatic carbocycles. The van der Waals surface area contributed by atoms with Gasteiger partial charge in [-0.2, -0.15) is 0 Å². The van der Waals surface area contributed by atoms with E-state index < -0.39 is 5.91 Å². The molecule has 3 amide bonds. The predicted molar refractivity (Wildman–Crippen MR) is 103 cm³/mol. The van der Waals surface area contributed by atoms with Gasteiger partial charge in [-0.25, -0.2) is 9.88 Å². The van der Waals surface area contributed by atoms with Gasteiger partial charge in [0.1, 0.15) is 0 Å². The van der Waals surface area contributed by atoms with E-state index >= 15 is 0 Å². The fourth-order valence-electron chi connectivity index (χ4n) is 3.18. The lowest BCUT2D eigenvalue weighted by Crippen LogP contribution is -2.29. The number of fused-ring (bicyclic) bond motifs is 1. The zero-order valence-corrected chi connectivity index (χ0v) is 15.0. The van der Waals surface area contributed by atoms with E-state index in [2.05, 4.69) is 10.3 Å². The summed E-state index contributed by atoms with van der Waals surface area (Å²) in [4.78, 5) is 42.9. The highest BCUT2D eigenvalue weighted by molar-refractivity contribution is 6.34. The van der Waals surface area contributed by atoms with Gasteiger partial charge in [0.15, 0.2) is 0 Å². The maximum atomic E-state index is 12.7. The molecule has 0 atom stereocenters. The molecule has 0 spiro atoms. The van der Waals surface area contributed by atoms with E-state index in [9.17, 15) is 14.4 Å². The molecule has 2 aromatic carbocycles. The summed E-state index contributed by atoms with van der Waals surface area (Å²) in [6.07, 6.45) is 6.05. The van der Waals surface area contributed by atoms with Crippen LogP contribution in [0.4, 0.5) is 5.69 Å². The van der Waals surface area contributed by atoms with Crippen LogP contribution in [0.25, 0.3) is 0 Å². The number of nitrogens with zero attached hydrogens (tertiary/aromatic N) is 3. The minimum Gasteiger partial charge on any atom is -0.352 e. The van der Waals surface area contributed by atoms with Crippen LogP contribution in [-0.4, -0.2) is 33.8 Å². The van der Waals surface area contributed by atoms with Crippen LogP contribution in [0.15, 0.2) is 67.3 Å². The van der Waals surface area contributed by atoms with Crippen LogP contribution in [0, 0.1) is 0 Å². The molecular weight excluding hydrogens is 356 g/mol. The zero-order chi connectivity index (χ0) is 19.5. The highest BCUT2D eigenvalue weighted by Crippen LogP contribution is 2.28. The van der Waals surface area contributed by atoms with E-state index in [-0.39, 0.29) is 17.4 Å². The van der Waals surface area contributed by atoms with Gasteiger partial charge < -0.3 is 9.88 Å². The quantitative estimate of drug-likeness (QED) is 0.531. The second kappa shape index (κ2) is 7.48. The molecule has 28 heavy (non-hydrogen) atoms. The van der Waals surface area contributed by atoms with E-state index in [1.54, 1.807) is 48.9 Å². The van der Waals surface area contributed by atoms with Gasteiger partial charge in [0.25, 0.3) is 17.7 Å². The minimum atomic E-state index is -0.416. The molecule has 7 heteroatoms. The second-order valence-electron chi connectivity index (χ2n) is 6.45. The zero-order valence-electron chi connectivity index (χ0n) is 15.0. The van der Waals surface area contributed by atoms with Crippen molar-refractivity contribution in [1.29, 1.82) is 0 Å². The van der Waals surface area contributed by atoms with Crippen molar-refractivity contribution in [1.82, 2.24) is 14.9 Å². The molecule has 0 saturated carbocycles. The molecule has 2 heterocycles. The number of imidazole rings is 1. The van der Waals surface area contributed by atoms with Crippen LogP contribution in [0.1, 0.15) is 37.5 Å². The Morgan fingerprint density at radius 1 is 1.00 bits per heavy atom. The third-order valence-corrected chi connectivity index (χ3v) is 4.60. The summed E-state index contributed by atoms with van der Waals surface area (Å²) in [6, 6.07) is 13.4. The fraction of sp³-hybridized carbons (Fsp3) is 0.143. The summed E-state index contributed by atoms with van der Waals surface area (Å²) in [5, 5.41) is 2.84. The number of anilines is 1. The summed E-state index contributed by atoms with van der Waals surface area (Å²) >= 11 is 0. The molecule has 0 fully saturated rings. The van der Waals surface area contributed by atoms with Crippen molar-refractivity contribution < 1.29 is 14.4 Å². The highest BCUT2D eigenvalue weighted by Gasteiger charge is 2.37. The molecule has 4 rings (SSSR count). The molecule has 7 nitrogen and oxygen atoms in total. The van der Waals surface area contributed by atoms with Crippen LogP contribution in [0.2, 0.25) is 0 Å². The van der Waals surface area contributed by atoms with Gasteiger partial charge in [0.2, 0.25) is 0 Å². The number of aromatic nitrogens is 2. The van der Waals surface area contributed by atoms with Crippen LogP contribution < -0.4 is 10.2 Å². The van der Waals surface area contributed by atoms with Crippen molar-refractivity contribution in [3.05, 3.63) is 83.9 Å². The van der Waals surface area contributed by atoms with Gasteiger partial charge in [-0.3, -0.25) is 14.4 Å². The predicted octanol–water partition coefficient (Wildman–Crippen LogP) is 2.50. The Kier molecular flexibility index (Phi) is 4.72. The number of para-hydroxylation sites is 1. The Bertz CT molecular complexity index is 1030. The topological polar surface area (TPSA) is 84.3 Å². The van der Waals surface area contributed by atoms with Crippen LogP contribution in [-0.2, 0) is 6.54 Å². The maximum Gasteiger partial charge on any atom is 0.266 e. The first-order valence-corrected chi connectivity index (χ1v) is 8.97. The third-order valence-electron chi connectivity index (χ3n) is 4.60. The molecule has 3 aromatic rings. The molecule has 0 radical (unpaired) electrons. The van der Waals surface area contributed by atoms with Crippen LogP contribution in [0.5, 0.6) is 0 Å². The Labute approximate surface area is 161 Å². The molecule has 1 N–H and O–H groups in total. The van der Waals surface area contributed by atoms with Gasteiger partial charge >= 0.3 is 0 Å². The normalized spacial score (nSPS) is 12.9. The number of nitrogens with one attached hydrogen (secondary N) is 1. The average molecular weight is 374 g/mol. The summed E-state index contributed by atoms with van der Waals surface area (Å²) in [7, 11) is 0. The van der Waals surface area contributed by atoms with E-state index in [4.69, 9.17) is 0 Å². The lowest BCUT2D eigenvalue weighted by Gasteiger charge is -2.13. The number of aryl methyl sites for hydroxylation is 1. The van der Waals surface area contributed by atoms with E-state index in [0.717, 1.165) is 17.9 Å². The number of amides is 3. The van der Waals surface area contributed by atoms with Gasteiger partial charge in [0, 0.05) is 31.0 Å². The molecule has 1 aliphatic heterocycles. The Hall–Kier alpha value is -3.74. The lowest BCUT2D eigenvalue weighted by molar-refractivity contribution is 0.0923. The summed E-state index contributed by atoms with van der Waals surface area (Å²) in [5.41, 5.74) is 1.43. The molecule has 1 aliphatic rings. The highest BCUT2D eigenvalue weighted by atomic mass is 16.2. The van der Waals surface area contributed by atoms with Gasteiger partial charge in [-0.1, -0.05) is 18.2 Å². The monoisotopic (exact) mass is 374 g/mol. The number of hydrogen-bond donors (Lipinski definition) is 1. The SMILES string of the molecule is O=C(NCCCn1ccnc1)c1ccc2c(c1)C(=O)N(c1ccccc1)C2=O. The van der Waals surface area contributed by atoms with Crippen molar-refractivity contribution in [2.24, 2.45) is 0 Å². The van der Waals surface area contributed by atoms with Crippen molar-refractivity contribution >= 4 is 23.4 Å². The van der Waals surface area contributed by atoms with Crippen LogP contribution >= 0.6 is 0 Å². The smallest absolute Gasteiger partial charge is 0.266 e. The number of carbonyl (C=O) groups excluding carboxylic acids is 3. The molecular formula is C21H18N4O3. The summed E-state index contributed by atoms with van der Waals surface area (Å²) < 4.78 is 1.93. The van der Waals surface area contributed by atoms with Gasteiger partial charge in [-0.05, 0) is 36.8 Å². The maximum absolute atomic E-state index is 12.7. The number of benzene rings is 2. The van der Waals surface area contributed by atoms with Crippen molar-refractivity contribution in [2.75, 3.05) is 11.4 Å². The number of rotatable bonds is 6.